The lowest BCUT2D eigenvalue weighted by molar-refractivity contribution is 0.106. The number of benzene rings is 1. The topological polar surface area (TPSA) is 36.3 Å². The Morgan fingerprint density at radius 2 is 2.00 bits per heavy atom. The molecule has 1 aromatic carbocycles. The third-order valence-corrected chi connectivity index (χ3v) is 6.10. The van der Waals surface area contributed by atoms with Crippen LogP contribution in [0, 0.1) is 12.3 Å². The lowest BCUT2D eigenvalue weighted by Gasteiger charge is -2.45. The molecule has 1 fully saturated rings. The quantitative estimate of drug-likeness (QED) is 0.568. The molecular weight excluding hydrogens is 296 g/mol. The fourth-order valence-electron chi connectivity index (χ4n) is 5.06. The van der Waals surface area contributed by atoms with E-state index < -0.39 is 0 Å². The van der Waals surface area contributed by atoms with Crippen LogP contribution in [0.3, 0.4) is 0 Å². The number of methoxy groups -OCH3 is 1. The summed E-state index contributed by atoms with van der Waals surface area (Å²) in [7, 11) is 1.76. The van der Waals surface area contributed by atoms with Gasteiger partial charge in [-0.2, -0.15) is 0 Å². The largest absolute Gasteiger partial charge is 0.497 e. The molecule has 132 valence electrons. The van der Waals surface area contributed by atoms with Crippen molar-refractivity contribution in [3.05, 3.63) is 28.8 Å². The molecule has 1 heterocycles. The zero-order chi connectivity index (χ0) is 17.3. The van der Waals surface area contributed by atoms with E-state index in [4.69, 9.17) is 10.1 Å². The van der Waals surface area contributed by atoms with E-state index in [-0.39, 0.29) is 5.54 Å². The molecule has 3 nitrogen and oxygen atoms in total. The van der Waals surface area contributed by atoms with Crippen molar-refractivity contribution >= 4 is 5.84 Å². The van der Waals surface area contributed by atoms with Crippen LogP contribution in [0.2, 0.25) is 0 Å². The number of fused-ring (bicyclic) bond motifs is 2. The molecule has 1 aliphatic heterocycles. The Morgan fingerprint density at radius 1 is 1.29 bits per heavy atom. The zero-order valence-corrected chi connectivity index (χ0v) is 15.7. The summed E-state index contributed by atoms with van der Waals surface area (Å²) in [5, 5.41) is 8.82. The standard InChI is InChI=1S/C21H32N2O/c1-5-6-10-19(22)23-16(3)20-15(2)13-17(24-4)14-18(20)21(23)11-8-7-9-12-21/h13-14,16,22H,5-12H2,1-4H3. The summed E-state index contributed by atoms with van der Waals surface area (Å²) < 4.78 is 5.58. The summed E-state index contributed by atoms with van der Waals surface area (Å²) in [6.45, 7) is 6.70. The van der Waals surface area contributed by atoms with Gasteiger partial charge in [0.1, 0.15) is 5.75 Å². The van der Waals surface area contributed by atoms with Crippen LogP contribution >= 0.6 is 0 Å². The van der Waals surface area contributed by atoms with Crippen molar-refractivity contribution in [2.45, 2.75) is 83.7 Å². The van der Waals surface area contributed by atoms with Crippen LogP contribution < -0.4 is 4.74 Å². The first-order valence-corrected chi connectivity index (χ1v) is 9.61. The van der Waals surface area contributed by atoms with E-state index in [1.54, 1.807) is 7.11 Å². The molecule has 3 rings (SSSR count). The van der Waals surface area contributed by atoms with Crippen molar-refractivity contribution in [1.29, 1.82) is 5.41 Å². The molecule has 1 unspecified atom stereocenters. The highest BCUT2D eigenvalue weighted by Crippen LogP contribution is 2.55. The number of nitrogens with one attached hydrogen (secondary N) is 1. The van der Waals surface area contributed by atoms with Gasteiger partial charge in [0.2, 0.25) is 0 Å². The van der Waals surface area contributed by atoms with Gasteiger partial charge in [-0.1, -0.05) is 32.6 Å². The van der Waals surface area contributed by atoms with E-state index in [1.165, 1.54) is 48.8 Å². The maximum atomic E-state index is 8.82. The van der Waals surface area contributed by atoms with Crippen LogP contribution in [0.4, 0.5) is 0 Å². The van der Waals surface area contributed by atoms with E-state index in [1.807, 2.05) is 0 Å². The van der Waals surface area contributed by atoms with Crippen molar-refractivity contribution in [3.63, 3.8) is 0 Å². The molecule has 2 aliphatic rings. The Balaban J connectivity index is 2.10. The molecule has 0 bridgehead atoms. The number of unbranched alkanes of at least 4 members (excludes halogenated alkanes) is 1. The third-order valence-electron chi connectivity index (χ3n) is 6.10. The Morgan fingerprint density at radius 3 is 2.62 bits per heavy atom. The van der Waals surface area contributed by atoms with Crippen molar-refractivity contribution in [3.8, 4) is 5.75 Å². The number of nitrogens with zero attached hydrogens (tertiary/aromatic N) is 1. The smallest absolute Gasteiger partial charge is 0.119 e. The van der Waals surface area contributed by atoms with Gasteiger partial charge in [0.25, 0.3) is 0 Å². The summed E-state index contributed by atoms with van der Waals surface area (Å²) in [5.74, 6) is 1.80. The number of rotatable bonds is 4. The summed E-state index contributed by atoms with van der Waals surface area (Å²) in [4.78, 5) is 2.47. The Labute approximate surface area is 146 Å². The summed E-state index contributed by atoms with van der Waals surface area (Å²) in [6.07, 6.45) is 9.35. The van der Waals surface area contributed by atoms with Gasteiger partial charge in [-0.05, 0) is 61.9 Å². The normalized spacial score (nSPS) is 21.8. The number of hydrogen-bond donors (Lipinski definition) is 1. The lowest BCUT2D eigenvalue weighted by Crippen LogP contribution is -2.46. The predicted molar refractivity (Wildman–Crippen MR) is 100.0 cm³/mol. The molecule has 1 saturated carbocycles. The van der Waals surface area contributed by atoms with Crippen LogP contribution in [0.25, 0.3) is 0 Å². The van der Waals surface area contributed by atoms with Gasteiger partial charge in [0.05, 0.1) is 24.5 Å². The summed E-state index contributed by atoms with van der Waals surface area (Å²) in [6, 6.07) is 4.72. The van der Waals surface area contributed by atoms with E-state index in [0.717, 1.165) is 30.8 Å². The molecule has 0 aromatic heterocycles. The molecule has 3 heteroatoms. The first-order valence-electron chi connectivity index (χ1n) is 9.61. The second-order valence-corrected chi connectivity index (χ2v) is 7.59. The average Bonchev–Trinajstić information content (AvgIpc) is 2.82. The van der Waals surface area contributed by atoms with E-state index >= 15 is 0 Å². The SMILES string of the molecule is CCCCC(=N)N1C(C)c2c(C)cc(OC)cc2C12CCCCC2. The Hall–Kier alpha value is -1.51. The minimum Gasteiger partial charge on any atom is -0.497 e. The van der Waals surface area contributed by atoms with Gasteiger partial charge < -0.3 is 9.64 Å². The molecule has 24 heavy (non-hydrogen) atoms. The van der Waals surface area contributed by atoms with Gasteiger partial charge in [0, 0.05) is 6.42 Å². The molecule has 1 N–H and O–H groups in total. The van der Waals surface area contributed by atoms with E-state index in [2.05, 4.69) is 37.8 Å². The van der Waals surface area contributed by atoms with Crippen molar-refractivity contribution < 1.29 is 4.74 Å². The van der Waals surface area contributed by atoms with Crippen LogP contribution in [0.1, 0.15) is 87.9 Å². The third kappa shape index (κ3) is 2.62. The Kier molecular flexibility index (Phi) is 4.89. The first kappa shape index (κ1) is 17.3. The number of aryl methyl sites for hydroxylation is 1. The van der Waals surface area contributed by atoms with Crippen LogP contribution in [0.15, 0.2) is 12.1 Å². The zero-order valence-electron chi connectivity index (χ0n) is 15.7. The Bertz CT molecular complexity index is 617. The molecule has 1 spiro atoms. The molecule has 1 aromatic rings. The molecule has 0 amide bonds. The lowest BCUT2D eigenvalue weighted by atomic mass is 9.76. The number of amidine groups is 1. The second kappa shape index (κ2) is 6.78. The van der Waals surface area contributed by atoms with E-state index in [0.29, 0.717) is 6.04 Å². The van der Waals surface area contributed by atoms with Gasteiger partial charge in [-0.3, -0.25) is 5.41 Å². The van der Waals surface area contributed by atoms with E-state index in [9.17, 15) is 0 Å². The highest BCUT2D eigenvalue weighted by atomic mass is 16.5. The van der Waals surface area contributed by atoms with Gasteiger partial charge in [-0.25, -0.2) is 0 Å². The van der Waals surface area contributed by atoms with Gasteiger partial charge >= 0.3 is 0 Å². The van der Waals surface area contributed by atoms with Crippen molar-refractivity contribution in [1.82, 2.24) is 4.90 Å². The first-order chi connectivity index (χ1) is 11.5. The number of ether oxygens (including phenoxy) is 1. The molecular formula is C21H32N2O. The van der Waals surface area contributed by atoms with Gasteiger partial charge in [-0.15, -0.1) is 0 Å². The minimum atomic E-state index is 0.0249. The fourth-order valence-corrected chi connectivity index (χ4v) is 5.06. The summed E-state index contributed by atoms with van der Waals surface area (Å²) in [5.41, 5.74) is 4.22. The molecule has 0 saturated heterocycles. The minimum absolute atomic E-state index is 0.0249. The van der Waals surface area contributed by atoms with Crippen molar-refractivity contribution in [2.75, 3.05) is 7.11 Å². The average molecular weight is 329 g/mol. The van der Waals surface area contributed by atoms with Crippen LogP contribution in [0.5, 0.6) is 5.75 Å². The second-order valence-electron chi connectivity index (χ2n) is 7.59. The van der Waals surface area contributed by atoms with Gasteiger partial charge in [0.15, 0.2) is 0 Å². The monoisotopic (exact) mass is 328 g/mol. The molecule has 1 aliphatic carbocycles. The maximum Gasteiger partial charge on any atom is 0.119 e. The van der Waals surface area contributed by atoms with Crippen LogP contribution in [-0.4, -0.2) is 17.8 Å². The van der Waals surface area contributed by atoms with Crippen LogP contribution in [-0.2, 0) is 5.54 Å². The maximum absolute atomic E-state index is 8.82. The highest BCUT2D eigenvalue weighted by molar-refractivity contribution is 5.82. The molecule has 0 radical (unpaired) electrons. The number of hydrogen-bond acceptors (Lipinski definition) is 2. The van der Waals surface area contributed by atoms with Crippen molar-refractivity contribution in [2.24, 2.45) is 0 Å². The fraction of sp³-hybridized carbons (Fsp3) is 0.667. The highest BCUT2D eigenvalue weighted by Gasteiger charge is 2.50. The predicted octanol–water partition coefficient (Wildman–Crippen LogP) is 5.71. The summed E-state index contributed by atoms with van der Waals surface area (Å²) >= 11 is 0. The molecule has 1 atom stereocenters.